The first kappa shape index (κ1) is 24.3. The normalized spacial score (nSPS) is 11.0. The number of hydrogen-bond donors (Lipinski definition) is 5. The van der Waals surface area contributed by atoms with E-state index in [4.69, 9.17) is 11.5 Å². The van der Waals surface area contributed by atoms with Gasteiger partial charge in [-0.2, -0.15) is 0 Å². The minimum Gasteiger partial charge on any atom is -0.343 e. The van der Waals surface area contributed by atoms with Crippen LogP contribution in [0.1, 0.15) is 45.4 Å². The molecule has 0 heterocycles. The molecule has 7 nitrogen and oxygen atoms in total. The van der Waals surface area contributed by atoms with Crippen LogP contribution in [0.5, 0.6) is 0 Å². The van der Waals surface area contributed by atoms with Gasteiger partial charge in [0.05, 0.1) is 0 Å². The SMILES string of the molecule is CC(=O)N(CCCN)CCCNCCCCNCCCNCCCN. The maximum Gasteiger partial charge on any atom is 0.219 e. The lowest BCUT2D eigenvalue weighted by molar-refractivity contribution is -0.128. The summed E-state index contributed by atoms with van der Waals surface area (Å²) in [4.78, 5) is 13.4. The van der Waals surface area contributed by atoms with Crippen LogP contribution >= 0.6 is 0 Å². The molecule has 0 aliphatic rings. The number of hydrogen-bond acceptors (Lipinski definition) is 6. The van der Waals surface area contributed by atoms with Gasteiger partial charge >= 0.3 is 0 Å². The topological polar surface area (TPSA) is 108 Å². The molecule has 0 aromatic heterocycles. The van der Waals surface area contributed by atoms with Crippen LogP contribution in [0.3, 0.4) is 0 Å². The zero-order chi connectivity index (χ0) is 18.6. The molecule has 7 N–H and O–H groups in total. The van der Waals surface area contributed by atoms with Gasteiger partial charge in [-0.25, -0.2) is 0 Å². The Morgan fingerprint density at radius 2 is 1.12 bits per heavy atom. The summed E-state index contributed by atoms with van der Waals surface area (Å²) < 4.78 is 0. The summed E-state index contributed by atoms with van der Waals surface area (Å²) >= 11 is 0. The van der Waals surface area contributed by atoms with Crippen molar-refractivity contribution in [1.29, 1.82) is 0 Å². The molecule has 0 aliphatic heterocycles. The van der Waals surface area contributed by atoms with Crippen LogP contribution < -0.4 is 27.4 Å². The van der Waals surface area contributed by atoms with E-state index in [2.05, 4.69) is 16.0 Å². The van der Waals surface area contributed by atoms with Crippen LogP contribution in [0.25, 0.3) is 0 Å². The zero-order valence-electron chi connectivity index (χ0n) is 16.3. The summed E-state index contributed by atoms with van der Waals surface area (Å²) in [7, 11) is 0. The highest BCUT2D eigenvalue weighted by Gasteiger charge is 2.06. The van der Waals surface area contributed by atoms with E-state index in [-0.39, 0.29) is 5.91 Å². The Morgan fingerprint density at radius 3 is 1.64 bits per heavy atom. The first-order valence-electron chi connectivity index (χ1n) is 10.00. The summed E-state index contributed by atoms with van der Waals surface area (Å²) in [6, 6.07) is 0. The standard InChI is InChI=1S/C18H42N6O/c1-18(25)24(16-5-9-20)17-7-15-22-11-3-2-10-21-13-6-14-23-12-4-8-19/h21-23H,2-17,19-20H2,1H3. The van der Waals surface area contributed by atoms with Gasteiger partial charge in [0, 0.05) is 20.0 Å². The van der Waals surface area contributed by atoms with Gasteiger partial charge in [0.15, 0.2) is 0 Å². The molecule has 0 aromatic rings. The van der Waals surface area contributed by atoms with Gasteiger partial charge in [-0.05, 0) is 90.9 Å². The van der Waals surface area contributed by atoms with Crippen LogP contribution in [-0.4, -0.2) is 76.3 Å². The first-order valence-corrected chi connectivity index (χ1v) is 10.00. The van der Waals surface area contributed by atoms with Gasteiger partial charge in [-0.1, -0.05) is 0 Å². The van der Waals surface area contributed by atoms with Gasteiger partial charge in [-0.3, -0.25) is 4.79 Å². The Kier molecular flexibility index (Phi) is 19.0. The number of nitrogens with zero attached hydrogens (tertiary/aromatic N) is 1. The number of carbonyl (C=O) groups excluding carboxylic acids is 1. The van der Waals surface area contributed by atoms with E-state index in [1.54, 1.807) is 6.92 Å². The maximum absolute atomic E-state index is 11.5. The Bertz CT molecular complexity index is 291. The molecule has 7 heteroatoms. The molecular weight excluding hydrogens is 316 g/mol. The number of nitrogens with one attached hydrogen (secondary N) is 3. The van der Waals surface area contributed by atoms with Crippen molar-refractivity contribution in [2.75, 3.05) is 65.4 Å². The zero-order valence-corrected chi connectivity index (χ0v) is 16.3. The van der Waals surface area contributed by atoms with Crippen molar-refractivity contribution in [2.24, 2.45) is 11.5 Å². The van der Waals surface area contributed by atoms with Crippen LogP contribution in [0.2, 0.25) is 0 Å². The summed E-state index contributed by atoms with van der Waals surface area (Å²) in [5.41, 5.74) is 10.9. The third-order valence-corrected chi connectivity index (χ3v) is 4.08. The highest BCUT2D eigenvalue weighted by molar-refractivity contribution is 5.73. The molecule has 0 unspecified atom stereocenters. The summed E-state index contributed by atoms with van der Waals surface area (Å²) in [5.74, 6) is 0.147. The van der Waals surface area contributed by atoms with Crippen molar-refractivity contribution in [3.8, 4) is 0 Å². The number of nitrogens with two attached hydrogens (primary N) is 2. The van der Waals surface area contributed by atoms with Crippen molar-refractivity contribution >= 4 is 5.91 Å². The predicted octanol–water partition coefficient (Wildman–Crippen LogP) is -0.138. The third-order valence-electron chi connectivity index (χ3n) is 4.08. The molecule has 0 spiro atoms. The van der Waals surface area contributed by atoms with Crippen LogP contribution in [0.15, 0.2) is 0 Å². The average molecular weight is 359 g/mol. The molecule has 0 fully saturated rings. The molecule has 0 bridgehead atoms. The largest absolute Gasteiger partial charge is 0.343 e. The number of amides is 1. The molecule has 0 saturated carbocycles. The summed E-state index contributed by atoms with van der Waals surface area (Å²) in [5, 5.41) is 10.3. The Hall–Kier alpha value is -0.730. The van der Waals surface area contributed by atoms with Gasteiger partial charge in [0.25, 0.3) is 0 Å². The van der Waals surface area contributed by atoms with Gasteiger partial charge in [-0.15, -0.1) is 0 Å². The smallest absolute Gasteiger partial charge is 0.219 e. The fourth-order valence-corrected chi connectivity index (χ4v) is 2.54. The minimum absolute atomic E-state index is 0.147. The van der Waals surface area contributed by atoms with Crippen molar-refractivity contribution in [3.05, 3.63) is 0 Å². The maximum atomic E-state index is 11.5. The van der Waals surface area contributed by atoms with E-state index in [9.17, 15) is 4.79 Å². The van der Waals surface area contributed by atoms with Crippen LogP contribution in [-0.2, 0) is 4.79 Å². The van der Waals surface area contributed by atoms with Crippen molar-refractivity contribution < 1.29 is 4.79 Å². The van der Waals surface area contributed by atoms with Gasteiger partial charge in [0.1, 0.15) is 0 Å². The Balaban J connectivity index is 3.24. The lowest BCUT2D eigenvalue weighted by Crippen LogP contribution is -2.33. The highest BCUT2D eigenvalue weighted by atomic mass is 16.2. The molecule has 0 rings (SSSR count). The first-order chi connectivity index (χ1) is 12.2. The lowest BCUT2D eigenvalue weighted by atomic mass is 10.3. The molecule has 0 aliphatic carbocycles. The fourth-order valence-electron chi connectivity index (χ4n) is 2.54. The molecule has 0 saturated heterocycles. The fraction of sp³-hybridized carbons (Fsp3) is 0.944. The molecule has 0 atom stereocenters. The second-order valence-corrected chi connectivity index (χ2v) is 6.45. The molecule has 1 amide bonds. The second-order valence-electron chi connectivity index (χ2n) is 6.45. The Morgan fingerprint density at radius 1 is 0.680 bits per heavy atom. The number of rotatable bonds is 19. The van der Waals surface area contributed by atoms with Gasteiger partial charge < -0.3 is 32.3 Å². The quantitative estimate of drug-likeness (QED) is 0.206. The number of unbranched alkanes of at least 4 members (excludes halogenated alkanes) is 1. The van der Waals surface area contributed by atoms with E-state index < -0.39 is 0 Å². The van der Waals surface area contributed by atoms with Crippen molar-refractivity contribution in [3.63, 3.8) is 0 Å². The highest BCUT2D eigenvalue weighted by Crippen LogP contribution is 1.94. The van der Waals surface area contributed by atoms with E-state index in [1.807, 2.05) is 4.90 Å². The van der Waals surface area contributed by atoms with E-state index >= 15 is 0 Å². The molecule has 0 radical (unpaired) electrons. The molecular formula is C18H42N6O. The van der Waals surface area contributed by atoms with Crippen molar-refractivity contribution in [2.45, 2.75) is 45.4 Å². The van der Waals surface area contributed by atoms with E-state index in [1.165, 1.54) is 19.3 Å². The molecule has 0 aromatic carbocycles. The minimum atomic E-state index is 0.147. The van der Waals surface area contributed by atoms with E-state index in [0.717, 1.165) is 78.2 Å². The lowest BCUT2D eigenvalue weighted by Gasteiger charge is -2.20. The van der Waals surface area contributed by atoms with E-state index in [0.29, 0.717) is 6.54 Å². The van der Waals surface area contributed by atoms with Crippen LogP contribution in [0, 0.1) is 0 Å². The number of carbonyl (C=O) groups is 1. The Labute approximate surface area is 154 Å². The van der Waals surface area contributed by atoms with Crippen molar-refractivity contribution in [1.82, 2.24) is 20.9 Å². The summed E-state index contributed by atoms with van der Waals surface area (Å²) in [6.07, 6.45) is 6.49. The third kappa shape index (κ3) is 17.9. The monoisotopic (exact) mass is 358 g/mol. The summed E-state index contributed by atoms with van der Waals surface area (Å²) in [6.45, 7) is 10.9. The second kappa shape index (κ2) is 19.6. The van der Waals surface area contributed by atoms with Crippen LogP contribution in [0.4, 0.5) is 0 Å². The molecule has 25 heavy (non-hydrogen) atoms. The molecule has 150 valence electrons. The van der Waals surface area contributed by atoms with Gasteiger partial charge in [0.2, 0.25) is 5.91 Å². The average Bonchev–Trinajstić information content (AvgIpc) is 2.60. The predicted molar refractivity (Wildman–Crippen MR) is 107 cm³/mol.